The van der Waals surface area contributed by atoms with E-state index in [0.717, 1.165) is 16.3 Å². The fraction of sp³-hybridized carbons (Fsp3) is 0.375. The lowest BCUT2D eigenvalue weighted by atomic mass is 10.0. The Morgan fingerprint density at radius 1 is 1.11 bits per heavy atom. The van der Waals surface area contributed by atoms with Crippen molar-refractivity contribution in [1.82, 2.24) is 0 Å². The number of hydrogen-bond acceptors (Lipinski definition) is 3. The van der Waals surface area contributed by atoms with Crippen molar-refractivity contribution in [2.75, 3.05) is 6.61 Å². The van der Waals surface area contributed by atoms with Crippen LogP contribution in [0.3, 0.4) is 0 Å². The first-order valence-corrected chi connectivity index (χ1v) is 6.64. The highest BCUT2D eigenvalue weighted by molar-refractivity contribution is 5.89. The maximum Gasteiger partial charge on any atom is 0.133 e. The van der Waals surface area contributed by atoms with E-state index in [2.05, 4.69) is 0 Å². The highest BCUT2D eigenvalue weighted by atomic mass is 16.5. The smallest absolute Gasteiger partial charge is 0.133 e. The lowest BCUT2D eigenvalue weighted by molar-refractivity contribution is 0.102. The molecule has 2 atom stereocenters. The number of ether oxygens (including phenoxy) is 1. The van der Waals surface area contributed by atoms with Crippen molar-refractivity contribution in [3.8, 4) is 5.75 Å². The summed E-state index contributed by atoms with van der Waals surface area (Å²) >= 11 is 0. The van der Waals surface area contributed by atoms with Crippen molar-refractivity contribution in [2.45, 2.75) is 32.5 Å². The van der Waals surface area contributed by atoms with Gasteiger partial charge >= 0.3 is 0 Å². The number of hydrogen-bond donors (Lipinski definition) is 2. The van der Waals surface area contributed by atoms with Crippen LogP contribution < -0.4 is 4.74 Å². The molecule has 2 aromatic rings. The summed E-state index contributed by atoms with van der Waals surface area (Å²) in [6, 6.07) is 11.7. The van der Waals surface area contributed by atoms with E-state index in [1.54, 1.807) is 6.92 Å². The average molecular weight is 260 g/mol. The molecule has 0 aliphatic rings. The Kier molecular flexibility index (Phi) is 4.40. The van der Waals surface area contributed by atoms with Crippen LogP contribution >= 0.6 is 0 Å². The van der Waals surface area contributed by atoms with Crippen molar-refractivity contribution in [3.63, 3.8) is 0 Å². The van der Waals surface area contributed by atoms with Gasteiger partial charge in [0.25, 0.3) is 0 Å². The topological polar surface area (TPSA) is 49.7 Å². The Morgan fingerprint density at radius 3 is 2.53 bits per heavy atom. The lowest BCUT2D eigenvalue weighted by Crippen LogP contribution is -2.17. The molecule has 19 heavy (non-hydrogen) atoms. The Balaban J connectivity index is 2.43. The lowest BCUT2D eigenvalue weighted by Gasteiger charge is -2.17. The fourth-order valence-corrected chi connectivity index (χ4v) is 2.05. The second-order valence-corrected chi connectivity index (χ2v) is 4.75. The Hall–Kier alpha value is -1.58. The third-order valence-electron chi connectivity index (χ3n) is 3.25. The van der Waals surface area contributed by atoms with Crippen LogP contribution in [0.5, 0.6) is 5.75 Å². The van der Waals surface area contributed by atoms with Gasteiger partial charge in [0.05, 0.1) is 12.2 Å². The van der Waals surface area contributed by atoms with Crippen LogP contribution in [0.1, 0.15) is 31.9 Å². The molecule has 0 heterocycles. The molecule has 0 radical (unpaired) electrons. The molecule has 2 aromatic carbocycles. The first-order chi connectivity index (χ1) is 9.13. The second kappa shape index (κ2) is 6.04. The van der Waals surface area contributed by atoms with Gasteiger partial charge in [-0.1, -0.05) is 43.3 Å². The average Bonchev–Trinajstić information content (AvgIpc) is 2.43. The van der Waals surface area contributed by atoms with Crippen LogP contribution in [0.2, 0.25) is 0 Å². The molecule has 0 spiro atoms. The normalized spacial score (nSPS) is 14.3. The van der Waals surface area contributed by atoms with E-state index in [-0.39, 0.29) is 6.61 Å². The van der Waals surface area contributed by atoms with Crippen LogP contribution in [0.15, 0.2) is 36.4 Å². The van der Waals surface area contributed by atoms with Crippen molar-refractivity contribution in [2.24, 2.45) is 0 Å². The summed E-state index contributed by atoms with van der Waals surface area (Å²) in [6.45, 7) is 3.87. The fourth-order valence-electron chi connectivity index (χ4n) is 2.05. The number of fused-ring (bicyclic) bond motifs is 1. The summed E-state index contributed by atoms with van der Waals surface area (Å²) in [7, 11) is 0. The van der Waals surface area contributed by atoms with Gasteiger partial charge in [0.1, 0.15) is 12.4 Å². The van der Waals surface area contributed by atoms with Crippen LogP contribution in [0, 0.1) is 0 Å². The number of rotatable bonds is 5. The Morgan fingerprint density at radius 2 is 1.84 bits per heavy atom. The maximum absolute atomic E-state index is 9.84. The van der Waals surface area contributed by atoms with Gasteiger partial charge in [0.2, 0.25) is 0 Å². The van der Waals surface area contributed by atoms with E-state index >= 15 is 0 Å². The molecule has 0 fully saturated rings. The Bertz CT molecular complexity index is 549. The van der Waals surface area contributed by atoms with E-state index in [1.807, 2.05) is 43.3 Å². The van der Waals surface area contributed by atoms with E-state index in [4.69, 9.17) is 4.74 Å². The van der Waals surface area contributed by atoms with E-state index in [0.29, 0.717) is 12.2 Å². The SMILES string of the molecule is CCC(O)COc1c([C@H](C)O)ccc2ccccc12. The van der Waals surface area contributed by atoms with E-state index < -0.39 is 12.2 Å². The van der Waals surface area contributed by atoms with Gasteiger partial charge in [-0.3, -0.25) is 0 Å². The van der Waals surface area contributed by atoms with Crippen LogP contribution in [-0.2, 0) is 0 Å². The van der Waals surface area contributed by atoms with Crippen molar-refractivity contribution in [1.29, 1.82) is 0 Å². The van der Waals surface area contributed by atoms with Gasteiger partial charge in [-0.15, -0.1) is 0 Å². The summed E-state index contributed by atoms with van der Waals surface area (Å²) < 4.78 is 5.75. The standard InChI is InChI=1S/C16H20O3/c1-3-13(18)10-19-16-14(11(2)17)9-8-12-6-4-5-7-15(12)16/h4-9,11,13,17-18H,3,10H2,1-2H3/t11-,13?/m0/s1. The molecule has 3 nitrogen and oxygen atoms in total. The molecule has 0 aliphatic carbocycles. The molecule has 0 amide bonds. The van der Waals surface area contributed by atoms with Crippen molar-refractivity contribution < 1.29 is 14.9 Å². The number of aliphatic hydroxyl groups is 2. The zero-order chi connectivity index (χ0) is 13.8. The molecule has 0 saturated heterocycles. The Labute approximate surface area is 113 Å². The summed E-state index contributed by atoms with van der Waals surface area (Å²) in [5, 5.41) is 21.5. The quantitative estimate of drug-likeness (QED) is 0.868. The molecule has 0 aromatic heterocycles. The van der Waals surface area contributed by atoms with Crippen LogP contribution in [-0.4, -0.2) is 22.9 Å². The minimum absolute atomic E-state index is 0.240. The van der Waals surface area contributed by atoms with Gasteiger partial charge in [0, 0.05) is 10.9 Å². The zero-order valence-electron chi connectivity index (χ0n) is 11.3. The first-order valence-electron chi connectivity index (χ1n) is 6.64. The molecule has 0 saturated carbocycles. The predicted octanol–water partition coefficient (Wildman–Crippen LogP) is 3.04. The largest absolute Gasteiger partial charge is 0.490 e. The zero-order valence-corrected chi connectivity index (χ0v) is 11.3. The summed E-state index contributed by atoms with van der Waals surface area (Å²) in [6.07, 6.45) is -0.436. The number of benzene rings is 2. The second-order valence-electron chi connectivity index (χ2n) is 4.75. The van der Waals surface area contributed by atoms with Crippen molar-refractivity contribution >= 4 is 10.8 Å². The molecule has 2 rings (SSSR count). The minimum Gasteiger partial charge on any atom is -0.490 e. The third-order valence-corrected chi connectivity index (χ3v) is 3.25. The molecule has 2 N–H and O–H groups in total. The monoisotopic (exact) mass is 260 g/mol. The van der Waals surface area contributed by atoms with Gasteiger partial charge in [0.15, 0.2) is 0 Å². The molecular formula is C16H20O3. The van der Waals surface area contributed by atoms with Crippen molar-refractivity contribution in [3.05, 3.63) is 42.0 Å². The first kappa shape index (κ1) is 13.8. The van der Waals surface area contributed by atoms with Gasteiger partial charge in [-0.2, -0.15) is 0 Å². The molecular weight excluding hydrogens is 240 g/mol. The highest BCUT2D eigenvalue weighted by Crippen LogP contribution is 2.33. The van der Waals surface area contributed by atoms with E-state index in [9.17, 15) is 10.2 Å². The summed E-state index contributed by atoms with van der Waals surface area (Å²) in [4.78, 5) is 0. The predicted molar refractivity (Wildman–Crippen MR) is 76.4 cm³/mol. The van der Waals surface area contributed by atoms with Gasteiger partial charge < -0.3 is 14.9 Å². The molecule has 3 heteroatoms. The van der Waals surface area contributed by atoms with Gasteiger partial charge in [-0.05, 0) is 18.7 Å². The van der Waals surface area contributed by atoms with Crippen LogP contribution in [0.4, 0.5) is 0 Å². The molecule has 1 unspecified atom stereocenters. The summed E-state index contributed by atoms with van der Waals surface area (Å²) in [5.74, 6) is 0.667. The summed E-state index contributed by atoms with van der Waals surface area (Å²) in [5.41, 5.74) is 0.752. The number of aliphatic hydroxyl groups excluding tert-OH is 2. The highest BCUT2D eigenvalue weighted by Gasteiger charge is 2.14. The van der Waals surface area contributed by atoms with Crippen LogP contribution in [0.25, 0.3) is 10.8 Å². The third kappa shape index (κ3) is 3.06. The van der Waals surface area contributed by atoms with Gasteiger partial charge in [-0.25, -0.2) is 0 Å². The van der Waals surface area contributed by atoms with E-state index in [1.165, 1.54) is 0 Å². The minimum atomic E-state index is -0.599. The molecule has 0 aliphatic heterocycles. The maximum atomic E-state index is 9.84. The molecule has 0 bridgehead atoms. The molecule has 102 valence electrons.